The molecule has 8 nitrogen and oxygen atoms in total. The molecule has 0 radical (unpaired) electrons. The number of aryl methyl sites for hydroxylation is 1. The van der Waals surface area contributed by atoms with Crippen LogP contribution in [0.3, 0.4) is 0 Å². The van der Waals surface area contributed by atoms with Gasteiger partial charge in [0.2, 0.25) is 0 Å². The Morgan fingerprint density at radius 3 is 2.75 bits per heavy atom. The van der Waals surface area contributed by atoms with Crippen molar-refractivity contribution in [2.45, 2.75) is 13.5 Å². The van der Waals surface area contributed by atoms with E-state index < -0.39 is 12.1 Å². The van der Waals surface area contributed by atoms with Crippen molar-refractivity contribution in [3.63, 3.8) is 0 Å². The summed E-state index contributed by atoms with van der Waals surface area (Å²) >= 11 is 0. The molecule has 122 valence electrons. The normalized spacial score (nSPS) is 10.5. The van der Waals surface area contributed by atoms with Crippen molar-refractivity contribution in [1.29, 1.82) is 0 Å². The minimum absolute atomic E-state index is 0.0422. The molecule has 0 spiro atoms. The van der Waals surface area contributed by atoms with E-state index in [2.05, 4.69) is 15.4 Å². The highest BCUT2D eigenvalue weighted by Gasteiger charge is 2.16. The molecule has 1 amide bonds. The molecule has 1 aromatic carbocycles. The highest BCUT2D eigenvalue weighted by atomic mass is 16.5. The average Bonchev–Trinajstić information content (AvgIpc) is 2.98. The number of carbonyl (C=O) groups is 2. The fourth-order valence-corrected chi connectivity index (χ4v) is 2.19. The summed E-state index contributed by atoms with van der Waals surface area (Å²) in [6.07, 6.45) is 0.517. The number of hydrogen-bond acceptors (Lipinski definition) is 5. The number of rotatable bonds is 4. The number of fused-ring (bicyclic) bond motifs is 1. The quantitative estimate of drug-likeness (QED) is 0.763. The van der Waals surface area contributed by atoms with Crippen LogP contribution in [-0.4, -0.2) is 31.8 Å². The Hall–Kier alpha value is -3.42. The van der Waals surface area contributed by atoms with E-state index >= 15 is 0 Å². The minimum Gasteiger partial charge on any atom is -0.477 e. The number of carbonyl (C=O) groups excluding carboxylic acids is 1. The van der Waals surface area contributed by atoms with Crippen LogP contribution in [0.4, 0.5) is 10.6 Å². The summed E-state index contributed by atoms with van der Waals surface area (Å²) in [4.78, 5) is 27.3. The van der Waals surface area contributed by atoms with Crippen molar-refractivity contribution < 1.29 is 19.4 Å². The molecule has 2 aromatic heterocycles. The maximum Gasteiger partial charge on any atom is 0.413 e. The summed E-state index contributed by atoms with van der Waals surface area (Å²) in [6.45, 7) is 1.82. The van der Waals surface area contributed by atoms with Gasteiger partial charge in [0.05, 0.1) is 6.20 Å². The van der Waals surface area contributed by atoms with Crippen LogP contribution < -0.4 is 5.32 Å². The molecule has 24 heavy (non-hydrogen) atoms. The number of aromatic carboxylic acids is 1. The molecule has 2 heterocycles. The fraction of sp³-hybridized carbons (Fsp3) is 0.125. The summed E-state index contributed by atoms with van der Waals surface area (Å²) in [5.74, 6) is -0.858. The van der Waals surface area contributed by atoms with Gasteiger partial charge in [0.1, 0.15) is 18.0 Å². The molecule has 8 heteroatoms. The molecule has 0 saturated heterocycles. The number of anilines is 1. The van der Waals surface area contributed by atoms with Crippen molar-refractivity contribution in [1.82, 2.24) is 14.6 Å². The Morgan fingerprint density at radius 2 is 2.04 bits per heavy atom. The molecule has 2 N–H and O–H groups in total. The Morgan fingerprint density at radius 1 is 1.29 bits per heavy atom. The lowest BCUT2D eigenvalue weighted by atomic mass is 10.2. The molecule has 0 saturated carbocycles. The van der Waals surface area contributed by atoms with Crippen LogP contribution in [0.25, 0.3) is 5.65 Å². The molecule has 3 aromatic rings. The second-order valence-corrected chi connectivity index (χ2v) is 5.07. The van der Waals surface area contributed by atoms with Gasteiger partial charge in [0.15, 0.2) is 5.65 Å². The monoisotopic (exact) mass is 326 g/mol. The summed E-state index contributed by atoms with van der Waals surface area (Å²) < 4.78 is 6.40. The highest BCUT2D eigenvalue weighted by molar-refractivity contribution is 5.94. The maximum absolute atomic E-state index is 12.0. The SMILES string of the molecule is Cc1cc(NC(=O)OCc2ccccc2)n2ncc(C(=O)O)c2n1. The molecular weight excluding hydrogens is 312 g/mol. The molecule has 0 aliphatic rings. The van der Waals surface area contributed by atoms with Gasteiger partial charge >= 0.3 is 12.1 Å². The topological polar surface area (TPSA) is 106 Å². The van der Waals surface area contributed by atoms with E-state index in [4.69, 9.17) is 9.84 Å². The first kappa shape index (κ1) is 15.5. The average molecular weight is 326 g/mol. The molecular formula is C16H14N4O4. The number of nitrogens with one attached hydrogen (secondary N) is 1. The van der Waals surface area contributed by atoms with E-state index in [1.165, 1.54) is 10.7 Å². The van der Waals surface area contributed by atoms with Crippen molar-refractivity contribution in [3.8, 4) is 0 Å². The van der Waals surface area contributed by atoms with Gasteiger partial charge in [-0.2, -0.15) is 9.61 Å². The molecule has 3 rings (SSSR count). The van der Waals surface area contributed by atoms with Crippen LogP contribution in [0.15, 0.2) is 42.6 Å². The number of carboxylic acids is 1. The molecule has 0 bridgehead atoms. The number of nitrogens with zero attached hydrogens (tertiary/aromatic N) is 3. The van der Waals surface area contributed by atoms with Gasteiger partial charge in [-0.1, -0.05) is 30.3 Å². The van der Waals surface area contributed by atoms with Gasteiger partial charge in [-0.3, -0.25) is 5.32 Å². The van der Waals surface area contributed by atoms with Crippen LogP contribution >= 0.6 is 0 Å². The molecule has 0 aliphatic heterocycles. The van der Waals surface area contributed by atoms with Crippen molar-refractivity contribution >= 4 is 23.5 Å². The Bertz CT molecular complexity index is 905. The standard InChI is InChI=1S/C16H14N4O4/c1-10-7-13(20-14(18-10)12(8-17-20)15(21)22)19-16(23)24-9-11-5-3-2-4-6-11/h2-8H,9H2,1H3,(H,19,23)(H,21,22). The number of aromatic nitrogens is 3. The lowest BCUT2D eigenvalue weighted by Gasteiger charge is -2.09. The first-order valence-corrected chi connectivity index (χ1v) is 7.11. The van der Waals surface area contributed by atoms with Crippen LogP contribution in [0, 0.1) is 6.92 Å². The zero-order valence-electron chi connectivity index (χ0n) is 12.8. The number of amides is 1. The van der Waals surface area contributed by atoms with Gasteiger partial charge in [-0.05, 0) is 12.5 Å². The third-order valence-electron chi connectivity index (χ3n) is 3.27. The maximum atomic E-state index is 12.0. The van der Waals surface area contributed by atoms with E-state index in [0.29, 0.717) is 5.69 Å². The predicted octanol–water partition coefficient (Wildman–Crippen LogP) is 2.48. The van der Waals surface area contributed by atoms with Crippen LogP contribution in [0.5, 0.6) is 0 Å². The Balaban J connectivity index is 1.79. The van der Waals surface area contributed by atoms with E-state index in [1.54, 1.807) is 13.0 Å². The molecule has 0 fully saturated rings. The van der Waals surface area contributed by atoms with Crippen LogP contribution in [-0.2, 0) is 11.3 Å². The summed E-state index contributed by atoms with van der Waals surface area (Å²) in [6, 6.07) is 10.8. The lowest BCUT2D eigenvalue weighted by molar-refractivity contribution is 0.0698. The number of carboxylic acid groups (broad SMARTS) is 1. The van der Waals surface area contributed by atoms with E-state index in [-0.39, 0.29) is 23.6 Å². The minimum atomic E-state index is -1.14. The zero-order valence-corrected chi connectivity index (χ0v) is 12.8. The lowest BCUT2D eigenvalue weighted by Crippen LogP contribution is -2.16. The number of hydrogen-bond donors (Lipinski definition) is 2. The van der Waals surface area contributed by atoms with E-state index in [1.807, 2.05) is 30.3 Å². The van der Waals surface area contributed by atoms with Gasteiger partial charge in [0, 0.05) is 11.8 Å². The Kier molecular flexibility index (Phi) is 4.11. The second-order valence-electron chi connectivity index (χ2n) is 5.07. The third-order valence-corrected chi connectivity index (χ3v) is 3.27. The summed E-state index contributed by atoms with van der Waals surface area (Å²) in [5, 5.41) is 15.7. The number of ether oxygens (including phenoxy) is 1. The van der Waals surface area contributed by atoms with E-state index in [9.17, 15) is 9.59 Å². The smallest absolute Gasteiger partial charge is 0.413 e. The first-order chi connectivity index (χ1) is 11.5. The van der Waals surface area contributed by atoms with E-state index in [0.717, 1.165) is 5.56 Å². The van der Waals surface area contributed by atoms with Gasteiger partial charge in [0.25, 0.3) is 0 Å². The first-order valence-electron chi connectivity index (χ1n) is 7.11. The highest BCUT2D eigenvalue weighted by Crippen LogP contribution is 2.16. The van der Waals surface area contributed by atoms with Crippen LogP contribution in [0.2, 0.25) is 0 Å². The fourth-order valence-electron chi connectivity index (χ4n) is 2.19. The summed E-state index contributed by atoms with van der Waals surface area (Å²) in [5.41, 5.74) is 1.51. The van der Waals surface area contributed by atoms with Crippen LogP contribution in [0.1, 0.15) is 21.6 Å². The van der Waals surface area contributed by atoms with Gasteiger partial charge in [-0.25, -0.2) is 14.6 Å². The van der Waals surface area contributed by atoms with Gasteiger partial charge < -0.3 is 9.84 Å². The molecule has 0 atom stereocenters. The van der Waals surface area contributed by atoms with Crippen molar-refractivity contribution in [3.05, 3.63) is 59.4 Å². The largest absolute Gasteiger partial charge is 0.477 e. The molecule has 0 unspecified atom stereocenters. The third kappa shape index (κ3) is 3.17. The Labute approximate surface area is 136 Å². The second kappa shape index (κ2) is 6.37. The van der Waals surface area contributed by atoms with Gasteiger partial charge in [-0.15, -0.1) is 0 Å². The number of benzene rings is 1. The predicted molar refractivity (Wildman–Crippen MR) is 84.9 cm³/mol. The molecule has 0 aliphatic carbocycles. The zero-order chi connectivity index (χ0) is 17.1. The van der Waals surface area contributed by atoms with Crippen molar-refractivity contribution in [2.75, 3.05) is 5.32 Å². The summed E-state index contributed by atoms with van der Waals surface area (Å²) in [7, 11) is 0. The van der Waals surface area contributed by atoms with Crippen molar-refractivity contribution in [2.24, 2.45) is 0 Å².